The zero-order valence-electron chi connectivity index (χ0n) is 15.6. The summed E-state index contributed by atoms with van der Waals surface area (Å²) in [5.74, 6) is 0. The molecule has 0 bridgehead atoms. The fourth-order valence-electron chi connectivity index (χ4n) is 3.59. The normalized spacial score (nSPS) is 14.7. The Bertz CT molecular complexity index is 1170. The maximum atomic E-state index is 12.4. The molecule has 1 aliphatic rings. The van der Waals surface area contributed by atoms with Crippen molar-refractivity contribution in [1.29, 1.82) is 0 Å². The molecule has 0 aliphatic carbocycles. The fourth-order valence-corrected chi connectivity index (χ4v) is 4.64. The predicted molar refractivity (Wildman–Crippen MR) is 114 cm³/mol. The number of nitrogens with zero attached hydrogens (tertiary/aromatic N) is 3. The maximum absolute atomic E-state index is 12.4. The van der Waals surface area contributed by atoms with Crippen LogP contribution in [0.15, 0.2) is 48.7 Å². The van der Waals surface area contributed by atoms with Crippen molar-refractivity contribution >= 4 is 38.2 Å². The van der Waals surface area contributed by atoms with Gasteiger partial charge in [0.2, 0.25) is 0 Å². The zero-order valence-corrected chi connectivity index (χ0v) is 16.4. The highest BCUT2D eigenvalue weighted by atomic mass is 32.1. The molecule has 2 aromatic carbocycles. The van der Waals surface area contributed by atoms with Crippen molar-refractivity contribution in [3.63, 3.8) is 0 Å². The molecule has 4 aromatic rings. The van der Waals surface area contributed by atoms with Crippen LogP contribution in [0, 0.1) is 6.92 Å². The number of carbonyl (C=O) groups excluding carboxylic acids is 1. The van der Waals surface area contributed by atoms with Gasteiger partial charge in [-0.1, -0.05) is 35.1 Å². The number of aryl methyl sites for hydroxylation is 1. The predicted octanol–water partition coefficient (Wildman–Crippen LogP) is 3.96. The molecule has 6 nitrogen and oxygen atoms in total. The van der Waals surface area contributed by atoms with Gasteiger partial charge < -0.3 is 15.5 Å². The Kier molecular flexibility index (Phi) is 4.26. The van der Waals surface area contributed by atoms with E-state index in [1.165, 1.54) is 5.56 Å². The van der Waals surface area contributed by atoms with Crippen molar-refractivity contribution in [1.82, 2.24) is 19.6 Å². The fraction of sp³-hybridized carbons (Fsp3) is 0.238. The average molecular weight is 392 g/mol. The number of anilines is 1. The first kappa shape index (κ1) is 17.2. The number of piperazine rings is 1. The van der Waals surface area contributed by atoms with E-state index in [9.17, 15) is 4.79 Å². The largest absolute Gasteiger partial charge is 0.322 e. The number of carbonyl (C=O) groups is 1. The second-order valence-corrected chi connectivity index (χ2v) is 8.11. The summed E-state index contributed by atoms with van der Waals surface area (Å²) in [4.78, 5) is 20.0. The summed E-state index contributed by atoms with van der Waals surface area (Å²) in [5, 5.41) is 6.28. The van der Waals surface area contributed by atoms with E-state index in [-0.39, 0.29) is 6.03 Å². The molecular weight excluding hydrogens is 370 g/mol. The van der Waals surface area contributed by atoms with Crippen LogP contribution in [-0.4, -0.2) is 46.5 Å². The lowest BCUT2D eigenvalue weighted by atomic mass is 10.1. The van der Waals surface area contributed by atoms with E-state index in [0.29, 0.717) is 0 Å². The molecule has 28 heavy (non-hydrogen) atoms. The minimum atomic E-state index is -0.0380. The third-order valence-corrected chi connectivity index (χ3v) is 6.08. The molecule has 0 unspecified atom stereocenters. The van der Waals surface area contributed by atoms with Gasteiger partial charge in [-0.2, -0.15) is 0 Å². The number of urea groups is 1. The van der Waals surface area contributed by atoms with E-state index >= 15 is 0 Å². The first-order valence-electron chi connectivity index (χ1n) is 9.43. The minimum Gasteiger partial charge on any atom is -0.322 e. The number of imidazole rings is 1. The molecule has 2 aromatic heterocycles. The summed E-state index contributed by atoms with van der Waals surface area (Å²) in [6, 6.07) is 14.4. The lowest BCUT2D eigenvalue weighted by molar-refractivity contribution is 0.204. The SMILES string of the molecule is Cc1cccc(-c2cn3c(n2)sc2cc(NC(=O)N4CCNCC4)ccc23)c1. The van der Waals surface area contributed by atoms with E-state index in [2.05, 4.69) is 52.4 Å². The number of nitrogens with one attached hydrogen (secondary N) is 2. The smallest absolute Gasteiger partial charge is 0.321 e. The van der Waals surface area contributed by atoms with Gasteiger partial charge in [0.05, 0.1) is 15.9 Å². The van der Waals surface area contributed by atoms with E-state index in [1.54, 1.807) is 11.3 Å². The molecule has 7 heteroatoms. The number of fused-ring (bicyclic) bond motifs is 3. The van der Waals surface area contributed by atoms with Crippen LogP contribution in [0.4, 0.5) is 10.5 Å². The Morgan fingerprint density at radius 3 is 2.86 bits per heavy atom. The molecular formula is C21H21N5OS. The summed E-state index contributed by atoms with van der Waals surface area (Å²) in [7, 11) is 0. The number of rotatable bonds is 2. The zero-order chi connectivity index (χ0) is 19.1. The Morgan fingerprint density at radius 2 is 2.04 bits per heavy atom. The Morgan fingerprint density at radius 1 is 1.18 bits per heavy atom. The number of hydrogen-bond acceptors (Lipinski definition) is 4. The summed E-state index contributed by atoms with van der Waals surface area (Å²) >= 11 is 1.64. The van der Waals surface area contributed by atoms with E-state index < -0.39 is 0 Å². The van der Waals surface area contributed by atoms with Crippen molar-refractivity contribution in [3.8, 4) is 11.3 Å². The van der Waals surface area contributed by atoms with Crippen LogP contribution in [0.3, 0.4) is 0 Å². The van der Waals surface area contributed by atoms with Gasteiger partial charge in [0.25, 0.3) is 0 Å². The van der Waals surface area contributed by atoms with E-state index in [0.717, 1.165) is 58.3 Å². The van der Waals surface area contributed by atoms with Gasteiger partial charge in [0, 0.05) is 43.6 Å². The van der Waals surface area contributed by atoms with Gasteiger partial charge in [0.15, 0.2) is 4.96 Å². The van der Waals surface area contributed by atoms with E-state index in [4.69, 9.17) is 4.98 Å². The standard InChI is InChI=1S/C21H21N5OS/c1-14-3-2-4-15(11-14)17-13-26-18-6-5-16(12-19(18)28-21(26)24-17)23-20(27)25-9-7-22-8-10-25/h2-6,11-13,22H,7-10H2,1H3,(H,23,27). The lowest BCUT2D eigenvalue weighted by Gasteiger charge is -2.27. The minimum absolute atomic E-state index is 0.0380. The molecule has 5 rings (SSSR count). The molecule has 0 spiro atoms. The molecule has 1 saturated heterocycles. The van der Waals surface area contributed by atoms with Gasteiger partial charge >= 0.3 is 6.03 Å². The van der Waals surface area contributed by atoms with Crippen molar-refractivity contribution in [2.45, 2.75) is 6.92 Å². The van der Waals surface area contributed by atoms with Crippen molar-refractivity contribution in [2.24, 2.45) is 0 Å². The molecule has 142 valence electrons. The van der Waals surface area contributed by atoms with Crippen LogP contribution in [0.5, 0.6) is 0 Å². The van der Waals surface area contributed by atoms with Crippen LogP contribution in [0.25, 0.3) is 26.4 Å². The molecule has 2 N–H and O–H groups in total. The third-order valence-electron chi connectivity index (χ3n) is 5.06. The van der Waals surface area contributed by atoms with Gasteiger partial charge in [-0.3, -0.25) is 4.40 Å². The van der Waals surface area contributed by atoms with Gasteiger partial charge in [-0.15, -0.1) is 0 Å². The number of aromatic nitrogens is 2. The Labute approximate surface area is 166 Å². The Hall–Kier alpha value is -2.90. The topological polar surface area (TPSA) is 61.7 Å². The molecule has 1 fully saturated rings. The van der Waals surface area contributed by atoms with Crippen LogP contribution in [0.1, 0.15) is 5.56 Å². The number of benzene rings is 2. The van der Waals surface area contributed by atoms with Crippen molar-refractivity contribution in [3.05, 3.63) is 54.2 Å². The second kappa shape index (κ2) is 6.92. The molecule has 1 aliphatic heterocycles. The number of hydrogen-bond donors (Lipinski definition) is 2. The Balaban J connectivity index is 1.43. The maximum Gasteiger partial charge on any atom is 0.321 e. The third kappa shape index (κ3) is 3.12. The average Bonchev–Trinajstić information content (AvgIpc) is 3.26. The van der Waals surface area contributed by atoms with Crippen LogP contribution in [-0.2, 0) is 0 Å². The highest BCUT2D eigenvalue weighted by Gasteiger charge is 2.17. The highest BCUT2D eigenvalue weighted by molar-refractivity contribution is 7.23. The van der Waals surface area contributed by atoms with Crippen molar-refractivity contribution < 1.29 is 4.79 Å². The summed E-state index contributed by atoms with van der Waals surface area (Å²) in [6.07, 6.45) is 2.09. The molecule has 0 atom stereocenters. The number of amides is 2. The van der Waals surface area contributed by atoms with Gasteiger partial charge in [-0.25, -0.2) is 9.78 Å². The van der Waals surface area contributed by atoms with Crippen LogP contribution >= 0.6 is 11.3 Å². The summed E-state index contributed by atoms with van der Waals surface area (Å²) in [6.45, 7) is 5.26. The second-order valence-electron chi connectivity index (χ2n) is 7.10. The molecule has 3 heterocycles. The first-order valence-corrected chi connectivity index (χ1v) is 10.2. The monoisotopic (exact) mass is 391 g/mol. The van der Waals surface area contributed by atoms with E-state index in [1.807, 2.05) is 23.1 Å². The first-order chi connectivity index (χ1) is 13.7. The van der Waals surface area contributed by atoms with Crippen LogP contribution in [0.2, 0.25) is 0 Å². The van der Waals surface area contributed by atoms with Crippen molar-refractivity contribution in [2.75, 3.05) is 31.5 Å². The van der Waals surface area contributed by atoms with Gasteiger partial charge in [0.1, 0.15) is 0 Å². The summed E-state index contributed by atoms with van der Waals surface area (Å²) in [5.41, 5.74) is 5.26. The quantitative estimate of drug-likeness (QED) is 0.544. The number of thiazole rings is 1. The lowest BCUT2D eigenvalue weighted by Crippen LogP contribution is -2.48. The highest BCUT2D eigenvalue weighted by Crippen LogP contribution is 2.31. The van der Waals surface area contributed by atoms with Gasteiger partial charge in [-0.05, 0) is 31.2 Å². The molecule has 0 radical (unpaired) electrons. The van der Waals surface area contributed by atoms with Crippen LogP contribution < -0.4 is 10.6 Å². The molecule has 2 amide bonds. The summed E-state index contributed by atoms with van der Waals surface area (Å²) < 4.78 is 3.23. The molecule has 0 saturated carbocycles.